The van der Waals surface area contributed by atoms with Gasteiger partial charge in [-0.25, -0.2) is 9.97 Å². The molecule has 7 heteroatoms. The maximum Gasteiger partial charge on any atom is 0.148 e. The van der Waals surface area contributed by atoms with Gasteiger partial charge in [0, 0.05) is 6.42 Å². The van der Waals surface area contributed by atoms with E-state index in [1.54, 1.807) is 18.5 Å². The molecule has 7 nitrogen and oxygen atoms in total. The van der Waals surface area contributed by atoms with Crippen LogP contribution >= 0.6 is 0 Å². The van der Waals surface area contributed by atoms with E-state index in [2.05, 4.69) is 26.3 Å². The molecule has 0 aromatic carbocycles. The summed E-state index contributed by atoms with van der Waals surface area (Å²) in [5, 5.41) is 12.0. The molecule has 1 N–H and O–H groups in total. The van der Waals surface area contributed by atoms with Gasteiger partial charge < -0.3 is 9.73 Å². The molecule has 154 valence electrons. The van der Waals surface area contributed by atoms with Crippen molar-refractivity contribution in [2.24, 2.45) is 0 Å². The normalized spacial score (nSPS) is 16.9. The van der Waals surface area contributed by atoms with Crippen LogP contribution in [0.5, 0.6) is 0 Å². The molecule has 1 fully saturated rings. The highest BCUT2D eigenvalue weighted by Crippen LogP contribution is 2.30. The lowest BCUT2D eigenvalue weighted by Crippen LogP contribution is -2.35. The van der Waals surface area contributed by atoms with E-state index in [0.29, 0.717) is 17.6 Å². The SMILES string of the molecule is Cc1ccc(CCCN2CCCC[C@H]2c2cnc(Nc3ccc(C#N)nc3)cn2)o1. The number of piperidine rings is 1. The molecule has 0 spiro atoms. The summed E-state index contributed by atoms with van der Waals surface area (Å²) < 4.78 is 5.69. The molecule has 0 unspecified atom stereocenters. The molecule has 1 atom stereocenters. The Morgan fingerprint density at radius 1 is 1.13 bits per heavy atom. The second kappa shape index (κ2) is 9.51. The van der Waals surface area contributed by atoms with Crippen molar-refractivity contribution in [3.05, 3.63) is 65.8 Å². The van der Waals surface area contributed by atoms with Crippen LogP contribution in [0.1, 0.15) is 54.6 Å². The monoisotopic (exact) mass is 402 g/mol. The summed E-state index contributed by atoms with van der Waals surface area (Å²) in [6, 6.07) is 9.91. The third-order valence-electron chi connectivity index (χ3n) is 5.44. The quantitative estimate of drug-likeness (QED) is 0.620. The zero-order chi connectivity index (χ0) is 20.8. The zero-order valence-electron chi connectivity index (χ0n) is 17.2. The number of rotatable bonds is 7. The Hall–Kier alpha value is -3.24. The van der Waals surface area contributed by atoms with Crippen LogP contribution in [0.3, 0.4) is 0 Å². The summed E-state index contributed by atoms with van der Waals surface area (Å²) in [6.07, 6.45) is 10.9. The summed E-state index contributed by atoms with van der Waals surface area (Å²) in [5.74, 6) is 2.70. The van der Waals surface area contributed by atoms with Crippen LogP contribution in [-0.4, -0.2) is 32.9 Å². The second-order valence-corrected chi connectivity index (χ2v) is 7.66. The van der Waals surface area contributed by atoms with Crippen molar-refractivity contribution in [1.29, 1.82) is 5.26 Å². The lowest BCUT2D eigenvalue weighted by atomic mass is 9.99. The largest absolute Gasteiger partial charge is 0.466 e. The minimum absolute atomic E-state index is 0.315. The fourth-order valence-electron chi connectivity index (χ4n) is 3.93. The number of nitrogens with one attached hydrogen (secondary N) is 1. The van der Waals surface area contributed by atoms with E-state index in [9.17, 15) is 0 Å². The van der Waals surface area contributed by atoms with E-state index in [-0.39, 0.29) is 0 Å². The summed E-state index contributed by atoms with van der Waals surface area (Å²) >= 11 is 0. The number of pyridine rings is 1. The molecule has 3 aromatic rings. The third-order valence-corrected chi connectivity index (χ3v) is 5.44. The minimum Gasteiger partial charge on any atom is -0.466 e. The fourth-order valence-corrected chi connectivity index (χ4v) is 3.93. The standard InChI is InChI=1S/C23H26N6O/c1-17-7-10-20(30-17)5-4-12-29-11-3-2-6-22(29)21-15-27-23(16-26-21)28-19-9-8-18(13-24)25-14-19/h7-10,14-16,22H,2-6,11-12H2,1H3,(H,27,28)/t22-/m0/s1. The van der Waals surface area contributed by atoms with Gasteiger partial charge in [-0.15, -0.1) is 0 Å². The Kier molecular flexibility index (Phi) is 6.35. The number of aromatic nitrogens is 3. The first-order chi connectivity index (χ1) is 14.7. The van der Waals surface area contributed by atoms with E-state index >= 15 is 0 Å². The van der Waals surface area contributed by atoms with Crippen molar-refractivity contribution < 1.29 is 4.42 Å². The van der Waals surface area contributed by atoms with Crippen molar-refractivity contribution in [1.82, 2.24) is 19.9 Å². The van der Waals surface area contributed by atoms with Gasteiger partial charge in [-0.2, -0.15) is 5.26 Å². The van der Waals surface area contributed by atoms with Gasteiger partial charge in [-0.05, 0) is 63.5 Å². The van der Waals surface area contributed by atoms with Crippen LogP contribution in [0.2, 0.25) is 0 Å². The molecule has 4 rings (SSSR count). The topological polar surface area (TPSA) is 90.9 Å². The molecule has 3 aromatic heterocycles. The molecule has 4 heterocycles. The molecular weight excluding hydrogens is 376 g/mol. The highest BCUT2D eigenvalue weighted by Gasteiger charge is 2.25. The molecule has 0 amide bonds. The fraction of sp³-hybridized carbons (Fsp3) is 0.391. The number of hydrogen-bond acceptors (Lipinski definition) is 7. The van der Waals surface area contributed by atoms with Crippen molar-refractivity contribution in [2.45, 2.75) is 45.1 Å². The molecule has 0 radical (unpaired) electrons. The maximum absolute atomic E-state index is 8.84. The predicted molar refractivity (Wildman–Crippen MR) is 114 cm³/mol. The summed E-state index contributed by atoms with van der Waals surface area (Å²) in [4.78, 5) is 15.8. The van der Waals surface area contributed by atoms with Crippen LogP contribution in [0.4, 0.5) is 11.5 Å². The lowest BCUT2D eigenvalue weighted by Gasteiger charge is -2.35. The van der Waals surface area contributed by atoms with E-state index in [1.165, 1.54) is 12.8 Å². The highest BCUT2D eigenvalue weighted by molar-refractivity contribution is 5.54. The first kappa shape index (κ1) is 20.0. The van der Waals surface area contributed by atoms with Gasteiger partial charge in [0.05, 0.1) is 36.0 Å². The number of anilines is 2. The Morgan fingerprint density at radius 2 is 2.07 bits per heavy atom. The molecule has 30 heavy (non-hydrogen) atoms. The molecule has 0 saturated carbocycles. The summed E-state index contributed by atoms with van der Waals surface area (Å²) in [5.41, 5.74) is 2.19. The molecular formula is C23H26N6O. The third kappa shape index (κ3) is 5.02. The van der Waals surface area contributed by atoms with E-state index in [0.717, 1.165) is 55.3 Å². The second-order valence-electron chi connectivity index (χ2n) is 7.66. The minimum atomic E-state index is 0.315. The van der Waals surface area contributed by atoms with E-state index in [1.807, 2.05) is 31.3 Å². The first-order valence-corrected chi connectivity index (χ1v) is 10.5. The molecule has 1 saturated heterocycles. The summed E-state index contributed by atoms with van der Waals surface area (Å²) in [6.45, 7) is 4.11. The van der Waals surface area contributed by atoms with Crippen molar-refractivity contribution in [3.8, 4) is 6.07 Å². The number of likely N-dealkylation sites (tertiary alicyclic amines) is 1. The van der Waals surface area contributed by atoms with Gasteiger partial charge in [0.25, 0.3) is 0 Å². The Balaban J connectivity index is 1.36. The van der Waals surface area contributed by atoms with Crippen LogP contribution < -0.4 is 5.32 Å². The number of nitriles is 1. The van der Waals surface area contributed by atoms with E-state index < -0.39 is 0 Å². The number of aryl methyl sites for hydroxylation is 2. The van der Waals surface area contributed by atoms with Gasteiger partial charge in [0.15, 0.2) is 0 Å². The van der Waals surface area contributed by atoms with Crippen molar-refractivity contribution in [3.63, 3.8) is 0 Å². The molecule has 0 bridgehead atoms. The maximum atomic E-state index is 8.84. The first-order valence-electron chi connectivity index (χ1n) is 10.5. The smallest absolute Gasteiger partial charge is 0.148 e. The van der Waals surface area contributed by atoms with Crippen LogP contribution in [0, 0.1) is 18.3 Å². The lowest BCUT2D eigenvalue weighted by molar-refractivity contribution is 0.143. The predicted octanol–water partition coefficient (Wildman–Crippen LogP) is 4.55. The van der Waals surface area contributed by atoms with Crippen LogP contribution in [-0.2, 0) is 6.42 Å². The van der Waals surface area contributed by atoms with E-state index in [4.69, 9.17) is 14.7 Å². The van der Waals surface area contributed by atoms with Crippen LogP contribution in [0.25, 0.3) is 0 Å². The Labute approximate surface area is 176 Å². The summed E-state index contributed by atoms with van der Waals surface area (Å²) in [7, 11) is 0. The van der Waals surface area contributed by atoms with Crippen LogP contribution in [0.15, 0.2) is 47.3 Å². The average Bonchev–Trinajstić information content (AvgIpc) is 3.20. The van der Waals surface area contributed by atoms with Gasteiger partial charge in [-0.3, -0.25) is 9.88 Å². The number of hydrogen-bond donors (Lipinski definition) is 1. The van der Waals surface area contributed by atoms with Gasteiger partial charge in [0.2, 0.25) is 0 Å². The van der Waals surface area contributed by atoms with Gasteiger partial charge in [0.1, 0.15) is 29.1 Å². The van der Waals surface area contributed by atoms with Gasteiger partial charge in [-0.1, -0.05) is 6.42 Å². The Bertz CT molecular complexity index is 990. The molecule has 0 aliphatic carbocycles. The van der Waals surface area contributed by atoms with Gasteiger partial charge >= 0.3 is 0 Å². The highest BCUT2D eigenvalue weighted by atomic mass is 16.3. The zero-order valence-corrected chi connectivity index (χ0v) is 17.2. The van der Waals surface area contributed by atoms with Crippen molar-refractivity contribution in [2.75, 3.05) is 18.4 Å². The number of nitrogens with zero attached hydrogens (tertiary/aromatic N) is 5. The Morgan fingerprint density at radius 3 is 2.77 bits per heavy atom. The average molecular weight is 403 g/mol. The molecule has 1 aliphatic heterocycles. The van der Waals surface area contributed by atoms with Crippen molar-refractivity contribution >= 4 is 11.5 Å². The number of furan rings is 1. The molecule has 1 aliphatic rings.